The van der Waals surface area contributed by atoms with Gasteiger partial charge in [-0.15, -0.1) is 12.4 Å². The molecule has 0 aliphatic rings. The van der Waals surface area contributed by atoms with E-state index in [9.17, 15) is 4.79 Å². The quantitative estimate of drug-likeness (QED) is 0.940. The molecule has 0 aliphatic carbocycles. The average Bonchev–Trinajstić information content (AvgIpc) is 2.42. The number of nitrogens with zero attached hydrogens (tertiary/aromatic N) is 1. The van der Waals surface area contributed by atoms with Gasteiger partial charge in [0.1, 0.15) is 6.61 Å². The fourth-order valence-corrected chi connectivity index (χ4v) is 1.97. The van der Waals surface area contributed by atoms with Crippen LogP contribution in [0.15, 0.2) is 41.2 Å². The number of hydrogen-bond donors (Lipinski definition) is 1. The predicted octanol–water partition coefficient (Wildman–Crippen LogP) is 2.15. The van der Waals surface area contributed by atoms with E-state index in [0.717, 1.165) is 17.0 Å². The van der Waals surface area contributed by atoms with Gasteiger partial charge in [0.15, 0.2) is 5.75 Å². The van der Waals surface area contributed by atoms with Crippen LogP contribution in [0, 0.1) is 6.92 Å². The summed E-state index contributed by atoms with van der Waals surface area (Å²) in [5.74, 6) is 0.347. The van der Waals surface area contributed by atoms with Crippen LogP contribution in [0.25, 0.3) is 0 Å². The van der Waals surface area contributed by atoms with Crippen molar-refractivity contribution < 1.29 is 4.74 Å². The van der Waals surface area contributed by atoms with Gasteiger partial charge < -0.3 is 15.0 Å². The van der Waals surface area contributed by atoms with Gasteiger partial charge in [-0.05, 0) is 12.5 Å². The Morgan fingerprint density at radius 3 is 2.50 bits per heavy atom. The Morgan fingerprint density at radius 2 is 1.90 bits per heavy atom. The van der Waals surface area contributed by atoms with Crippen LogP contribution >= 0.6 is 12.4 Å². The first-order valence-corrected chi connectivity index (χ1v) is 6.19. The van der Waals surface area contributed by atoms with Crippen molar-refractivity contribution in [3.8, 4) is 5.75 Å². The van der Waals surface area contributed by atoms with Gasteiger partial charge in [-0.2, -0.15) is 0 Å². The molecular formula is C15H19ClN2O2. The van der Waals surface area contributed by atoms with Crippen molar-refractivity contribution in [3.63, 3.8) is 0 Å². The van der Waals surface area contributed by atoms with E-state index in [-0.39, 0.29) is 24.4 Å². The highest BCUT2D eigenvalue weighted by Crippen LogP contribution is 2.15. The zero-order valence-corrected chi connectivity index (χ0v) is 12.4. The minimum absolute atomic E-state index is 0. The normalized spacial score (nSPS) is 9.95. The monoisotopic (exact) mass is 294 g/mol. The Balaban J connectivity index is 0.00000200. The van der Waals surface area contributed by atoms with Crippen LogP contribution in [0.2, 0.25) is 0 Å². The maximum atomic E-state index is 12.0. The standard InChI is InChI=1S/C15H18N2O2.ClH/c1-11-8-14(18)15(13(9-16)17(11)2)19-10-12-6-4-3-5-7-12;/h3-8H,9-10,16H2,1-2H3;1H. The third kappa shape index (κ3) is 3.40. The minimum atomic E-state index is -0.119. The van der Waals surface area contributed by atoms with Crippen molar-refractivity contribution in [1.29, 1.82) is 0 Å². The first-order valence-electron chi connectivity index (χ1n) is 6.19. The summed E-state index contributed by atoms with van der Waals surface area (Å²) in [6.45, 7) is 2.52. The molecule has 0 radical (unpaired) electrons. The van der Waals surface area contributed by atoms with Crippen LogP contribution < -0.4 is 15.9 Å². The van der Waals surface area contributed by atoms with Gasteiger partial charge in [-0.3, -0.25) is 4.79 Å². The van der Waals surface area contributed by atoms with Crippen LogP contribution in [-0.2, 0) is 20.2 Å². The Bertz CT molecular complexity index is 624. The van der Waals surface area contributed by atoms with Crippen molar-refractivity contribution in [2.24, 2.45) is 12.8 Å². The molecule has 0 atom stereocenters. The van der Waals surface area contributed by atoms with Gasteiger partial charge >= 0.3 is 0 Å². The number of pyridine rings is 1. The lowest BCUT2D eigenvalue weighted by molar-refractivity contribution is 0.296. The van der Waals surface area contributed by atoms with E-state index >= 15 is 0 Å². The lowest BCUT2D eigenvalue weighted by atomic mass is 10.2. The molecule has 1 aromatic carbocycles. The van der Waals surface area contributed by atoms with E-state index in [0.29, 0.717) is 12.4 Å². The topological polar surface area (TPSA) is 57.2 Å². The van der Waals surface area contributed by atoms with Crippen molar-refractivity contribution in [1.82, 2.24) is 4.57 Å². The van der Waals surface area contributed by atoms with Crippen LogP contribution in [-0.4, -0.2) is 4.57 Å². The molecule has 1 aromatic heterocycles. The largest absolute Gasteiger partial charge is 0.483 e. The average molecular weight is 295 g/mol. The van der Waals surface area contributed by atoms with Gasteiger partial charge in [0.2, 0.25) is 5.43 Å². The van der Waals surface area contributed by atoms with Crippen LogP contribution in [0.1, 0.15) is 17.0 Å². The molecule has 1 heterocycles. The summed E-state index contributed by atoms with van der Waals surface area (Å²) in [5.41, 5.74) is 8.22. The second-order valence-electron chi connectivity index (χ2n) is 4.46. The summed E-state index contributed by atoms with van der Waals surface area (Å²) in [7, 11) is 1.88. The zero-order valence-electron chi connectivity index (χ0n) is 11.6. The molecular weight excluding hydrogens is 276 g/mol. The number of rotatable bonds is 4. The highest BCUT2D eigenvalue weighted by molar-refractivity contribution is 5.85. The summed E-state index contributed by atoms with van der Waals surface area (Å²) < 4.78 is 7.56. The fourth-order valence-electron chi connectivity index (χ4n) is 1.97. The molecule has 108 valence electrons. The molecule has 5 heteroatoms. The first-order chi connectivity index (χ1) is 9.13. The molecule has 0 amide bonds. The molecule has 0 spiro atoms. The number of benzene rings is 1. The number of halogens is 1. The van der Waals surface area contributed by atoms with E-state index < -0.39 is 0 Å². The maximum Gasteiger partial charge on any atom is 0.223 e. The molecule has 2 aromatic rings. The lowest BCUT2D eigenvalue weighted by Gasteiger charge is -2.15. The predicted molar refractivity (Wildman–Crippen MR) is 82.3 cm³/mol. The van der Waals surface area contributed by atoms with Gasteiger partial charge in [0.25, 0.3) is 0 Å². The van der Waals surface area contributed by atoms with Gasteiger partial charge in [-0.25, -0.2) is 0 Å². The summed E-state index contributed by atoms with van der Waals surface area (Å²) in [6.07, 6.45) is 0. The van der Waals surface area contributed by atoms with Crippen molar-refractivity contribution in [2.75, 3.05) is 0 Å². The summed E-state index contributed by atoms with van der Waals surface area (Å²) in [4.78, 5) is 12.0. The molecule has 0 bridgehead atoms. The Kier molecular flexibility index (Phi) is 5.80. The number of nitrogens with two attached hydrogens (primary N) is 1. The van der Waals surface area contributed by atoms with Crippen LogP contribution in [0.4, 0.5) is 0 Å². The van der Waals surface area contributed by atoms with Crippen LogP contribution in [0.3, 0.4) is 0 Å². The second-order valence-corrected chi connectivity index (χ2v) is 4.46. The molecule has 0 unspecified atom stereocenters. The highest BCUT2D eigenvalue weighted by Gasteiger charge is 2.12. The maximum absolute atomic E-state index is 12.0. The van der Waals surface area contributed by atoms with Crippen molar-refractivity contribution in [3.05, 3.63) is 63.6 Å². The van der Waals surface area contributed by atoms with Crippen LogP contribution in [0.5, 0.6) is 5.75 Å². The highest BCUT2D eigenvalue weighted by atomic mass is 35.5. The molecule has 2 N–H and O–H groups in total. The molecule has 0 saturated carbocycles. The Labute approximate surface area is 124 Å². The Morgan fingerprint density at radius 1 is 1.25 bits per heavy atom. The van der Waals surface area contributed by atoms with Gasteiger partial charge in [-0.1, -0.05) is 30.3 Å². The third-order valence-electron chi connectivity index (χ3n) is 3.18. The fraction of sp³-hybridized carbons (Fsp3) is 0.267. The van der Waals surface area contributed by atoms with E-state index in [1.54, 1.807) is 6.07 Å². The smallest absolute Gasteiger partial charge is 0.223 e. The third-order valence-corrected chi connectivity index (χ3v) is 3.18. The second kappa shape index (κ2) is 7.12. The SMILES string of the molecule is Cc1cc(=O)c(OCc2ccccc2)c(CN)n1C.Cl. The summed E-state index contributed by atoms with van der Waals surface area (Å²) >= 11 is 0. The number of aromatic nitrogens is 1. The van der Waals surface area contributed by atoms with Gasteiger partial charge in [0, 0.05) is 25.4 Å². The molecule has 0 saturated heterocycles. The van der Waals surface area contributed by atoms with E-state index in [1.807, 2.05) is 48.9 Å². The summed E-state index contributed by atoms with van der Waals surface area (Å²) in [5, 5.41) is 0. The zero-order chi connectivity index (χ0) is 13.8. The summed E-state index contributed by atoms with van der Waals surface area (Å²) in [6, 6.07) is 11.3. The Hall–Kier alpha value is -1.78. The lowest BCUT2D eigenvalue weighted by Crippen LogP contribution is -2.19. The van der Waals surface area contributed by atoms with E-state index in [4.69, 9.17) is 10.5 Å². The number of aryl methyl sites for hydroxylation is 1. The minimum Gasteiger partial charge on any atom is -0.483 e. The molecule has 4 nitrogen and oxygen atoms in total. The van der Waals surface area contributed by atoms with E-state index in [1.165, 1.54) is 0 Å². The van der Waals surface area contributed by atoms with Crippen molar-refractivity contribution >= 4 is 12.4 Å². The molecule has 20 heavy (non-hydrogen) atoms. The first kappa shape index (κ1) is 16.3. The molecule has 0 aliphatic heterocycles. The number of ether oxygens (including phenoxy) is 1. The van der Waals surface area contributed by atoms with Crippen molar-refractivity contribution in [2.45, 2.75) is 20.1 Å². The molecule has 0 fully saturated rings. The van der Waals surface area contributed by atoms with Gasteiger partial charge in [0.05, 0.1) is 5.69 Å². The van der Waals surface area contributed by atoms with E-state index in [2.05, 4.69) is 0 Å². The number of hydrogen-bond acceptors (Lipinski definition) is 3. The molecule has 2 rings (SSSR count).